The second-order valence-electron chi connectivity index (χ2n) is 7.10. The van der Waals surface area contributed by atoms with Crippen LogP contribution >= 0.6 is 0 Å². The van der Waals surface area contributed by atoms with E-state index in [1.54, 1.807) is 10.6 Å². The van der Waals surface area contributed by atoms with Crippen LogP contribution in [0.2, 0.25) is 0 Å². The van der Waals surface area contributed by atoms with Crippen LogP contribution < -0.4 is 5.69 Å². The van der Waals surface area contributed by atoms with Gasteiger partial charge in [-0.15, -0.1) is 0 Å². The number of hydrogen-bond donors (Lipinski definition) is 0. The Morgan fingerprint density at radius 2 is 1.96 bits per heavy atom. The van der Waals surface area contributed by atoms with Crippen LogP contribution in [0.3, 0.4) is 0 Å². The molecule has 0 radical (unpaired) electrons. The summed E-state index contributed by atoms with van der Waals surface area (Å²) in [4.78, 5) is 12.8. The van der Waals surface area contributed by atoms with Crippen LogP contribution in [-0.4, -0.2) is 20.3 Å². The highest BCUT2D eigenvalue weighted by Gasteiger charge is 2.91. The SMILES string of the molecule is N#CC12CC(n3nc4n(c3=O)[C@H](c3ccccc3)CC4)(C1)C2(F)F. The fourth-order valence-electron chi connectivity index (χ4n) is 4.62. The molecule has 3 fully saturated rings. The topological polar surface area (TPSA) is 63.6 Å². The molecule has 2 aromatic rings. The maximum absolute atomic E-state index is 14.4. The summed E-state index contributed by atoms with van der Waals surface area (Å²) >= 11 is 0. The standard InChI is InChI=1S/C17H14F2N4O/c18-17(19)15(10-20)8-16(17,9-15)23-14(24)22-12(6-7-13(22)21-23)11-4-2-1-3-5-11/h1-5,12H,6-9H2/t12-,15?,16?/m0/s1. The normalized spacial score (nSPS) is 34.8. The van der Waals surface area contributed by atoms with Crippen molar-refractivity contribution >= 4 is 0 Å². The number of halogens is 2. The van der Waals surface area contributed by atoms with Crippen molar-refractivity contribution in [3.63, 3.8) is 0 Å². The highest BCUT2D eigenvalue weighted by molar-refractivity contribution is 5.39. The van der Waals surface area contributed by atoms with Crippen LogP contribution in [0.4, 0.5) is 8.78 Å². The Bertz CT molecular complexity index is 947. The van der Waals surface area contributed by atoms with Crippen molar-refractivity contribution in [2.75, 3.05) is 0 Å². The zero-order valence-electron chi connectivity index (χ0n) is 12.7. The third-order valence-corrected chi connectivity index (χ3v) is 6.01. The maximum atomic E-state index is 14.4. The van der Waals surface area contributed by atoms with E-state index in [9.17, 15) is 13.6 Å². The first-order valence-corrected chi connectivity index (χ1v) is 8.01. The smallest absolute Gasteiger partial charge is 0.271 e. The number of aromatic nitrogens is 3. The predicted octanol–water partition coefficient (Wildman–Crippen LogP) is 2.23. The molecular formula is C17H14F2N4O. The molecule has 3 saturated carbocycles. The van der Waals surface area contributed by atoms with E-state index >= 15 is 0 Å². The summed E-state index contributed by atoms with van der Waals surface area (Å²) in [6.07, 6.45) is 1.35. The number of nitrogens with zero attached hydrogens (tertiary/aromatic N) is 4. The molecule has 5 nitrogen and oxygen atoms in total. The molecule has 0 N–H and O–H groups in total. The first-order valence-electron chi connectivity index (χ1n) is 8.01. The highest BCUT2D eigenvalue weighted by Crippen LogP contribution is 2.79. The van der Waals surface area contributed by atoms with E-state index in [-0.39, 0.29) is 18.9 Å². The quantitative estimate of drug-likeness (QED) is 0.849. The zero-order chi connectivity index (χ0) is 16.7. The van der Waals surface area contributed by atoms with E-state index in [0.717, 1.165) is 16.7 Å². The second kappa shape index (κ2) is 3.94. The molecule has 2 bridgehead atoms. The number of rotatable bonds is 2. The van der Waals surface area contributed by atoms with Gasteiger partial charge in [0.15, 0.2) is 0 Å². The molecule has 0 spiro atoms. The lowest BCUT2D eigenvalue weighted by Gasteiger charge is -2.70. The summed E-state index contributed by atoms with van der Waals surface area (Å²) in [7, 11) is 0. The molecule has 7 heteroatoms. The molecular weight excluding hydrogens is 314 g/mol. The molecule has 4 aliphatic rings. The highest BCUT2D eigenvalue weighted by atomic mass is 19.3. The molecule has 6 rings (SSSR count). The maximum Gasteiger partial charge on any atom is 0.347 e. The van der Waals surface area contributed by atoms with Gasteiger partial charge in [-0.05, 0) is 12.0 Å². The van der Waals surface area contributed by atoms with Crippen LogP contribution in [0, 0.1) is 16.7 Å². The van der Waals surface area contributed by atoms with Crippen LogP contribution in [0.1, 0.15) is 36.7 Å². The van der Waals surface area contributed by atoms with Gasteiger partial charge < -0.3 is 0 Å². The van der Waals surface area contributed by atoms with Gasteiger partial charge in [0.25, 0.3) is 5.92 Å². The van der Waals surface area contributed by atoms with E-state index in [0.29, 0.717) is 12.2 Å². The molecule has 122 valence electrons. The van der Waals surface area contributed by atoms with Gasteiger partial charge in [0.1, 0.15) is 16.8 Å². The van der Waals surface area contributed by atoms with Gasteiger partial charge >= 0.3 is 5.69 Å². The fraction of sp³-hybridized carbons (Fsp3) is 0.471. The van der Waals surface area contributed by atoms with Gasteiger partial charge in [0.2, 0.25) is 0 Å². The minimum absolute atomic E-state index is 0.00979. The minimum Gasteiger partial charge on any atom is -0.271 e. The summed E-state index contributed by atoms with van der Waals surface area (Å²) in [6, 6.07) is 11.1. The fourth-order valence-corrected chi connectivity index (χ4v) is 4.62. The Balaban J connectivity index is 1.60. The first kappa shape index (κ1) is 13.9. The number of benzene rings is 1. The number of alkyl halides is 2. The largest absolute Gasteiger partial charge is 0.347 e. The summed E-state index contributed by atoms with van der Waals surface area (Å²) in [5.74, 6) is -2.63. The van der Waals surface area contributed by atoms with Gasteiger partial charge in [0.05, 0.1) is 12.1 Å². The summed E-state index contributed by atoms with van der Waals surface area (Å²) in [5.41, 5.74) is -2.70. The van der Waals surface area contributed by atoms with Crippen molar-refractivity contribution in [3.05, 3.63) is 52.2 Å². The lowest BCUT2D eigenvalue weighted by molar-refractivity contribution is -0.377. The van der Waals surface area contributed by atoms with E-state index in [2.05, 4.69) is 5.10 Å². The number of aryl methyl sites for hydroxylation is 1. The molecule has 2 heterocycles. The van der Waals surface area contributed by atoms with Gasteiger partial charge in [-0.1, -0.05) is 30.3 Å². The number of nitriles is 1. The molecule has 3 aliphatic carbocycles. The Kier molecular flexibility index (Phi) is 2.28. The van der Waals surface area contributed by atoms with E-state index in [1.807, 2.05) is 30.3 Å². The number of hydrogen-bond acceptors (Lipinski definition) is 3. The Hall–Kier alpha value is -2.49. The van der Waals surface area contributed by atoms with Crippen molar-refractivity contribution in [1.82, 2.24) is 14.3 Å². The average Bonchev–Trinajstić information content (AvgIpc) is 3.09. The summed E-state index contributed by atoms with van der Waals surface area (Å²) in [6.45, 7) is 0. The Morgan fingerprint density at radius 3 is 2.58 bits per heavy atom. The van der Waals surface area contributed by atoms with Crippen molar-refractivity contribution < 1.29 is 8.78 Å². The van der Waals surface area contributed by atoms with Crippen LogP contribution in [0.15, 0.2) is 35.1 Å². The second-order valence-corrected chi connectivity index (χ2v) is 7.10. The molecule has 0 unspecified atom stereocenters. The van der Waals surface area contributed by atoms with Gasteiger partial charge in [-0.3, -0.25) is 4.57 Å². The van der Waals surface area contributed by atoms with Gasteiger partial charge in [0, 0.05) is 19.3 Å². The minimum atomic E-state index is -3.18. The van der Waals surface area contributed by atoms with Crippen molar-refractivity contribution in [3.8, 4) is 6.07 Å². The molecule has 24 heavy (non-hydrogen) atoms. The van der Waals surface area contributed by atoms with Crippen LogP contribution in [-0.2, 0) is 12.0 Å². The summed E-state index contributed by atoms with van der Waals surface area (Å²) in [5, 5.41) is 13.3. The summed E-state index contributed by atoms with van der Waals surface area (Å²) < 4.78 is 31.3. The predicted molar refractivity (Wildman–Crippen MR) is 79.6 cm³/mol. The van der Waals surface area contributed by atoms with Crippen molar-refractivity contribution in [1.29, 1.82) is 5.26 Å². The lowest BCUT2D eigenvalue weighted by atomic mass is 9.37. The Morgan fingerprint density at radius 1 is 1.25 bits per heavy atom. The number of fused-ring (bicyclic) bond motifs is 1. The average molecular weight is 328 g/mol. The first-order chi connectivity index (χ1) is 11.5. The van der Waals surface area contributed by atoms with E-state index < -0.39 is 22.6 Å². The van der Waals surface area contributed by atoms with Gasteiger partial charge in [-0.25, -0.2) is 18.3 Å². The molecule has 1 aliphatic heterocycles. The molecule has 0 saturated heterocycles. The third kappa shape index (κ3) is 1.24. The van der Waals surface area contributed by atoms with Gasteiger partial charge in [-0.2, -0.15) is 10.4 Å². The van der Waals surface area contributed by atoms with E-state index in [1.165, 1.54) is 0 Å². The van der Waals surface area contributed by atoms with Crippen LogP contribution in [0.5, 0.6) is 0 Å². The third-order valence-electron chi connectivity index (χ3n) is 6.01. The molecule has 1 aromatic heterocycles. The monoisotopic (exact) mass is 328 g/mol. The zero-order valence-corrected chi connectivity index (χ0v) is 12.7. The molecule has 1 aromatic carbocycles. The van der Waals surface area contributed by atoms with Crippen molar-refractivity contribution in [2.45, 2.75) is 43.2 Å². The Labute approximate surface area is 136 Å². The molecule has 0 amide bonds. The van der Waals surface area contributed by atoms with E-state index in [4.69, 9.17) is 5.26 Å². The van der Waals surface area contributed by atoms with Crippen LogP contribution in [0.25, 0.3) is 0 Å². The van der Waals surface area contributed by atoms with Crippen molar-refractivity contribution in [2.24, 2.45) is 5.41 Å². The lowest BCUT2D eigenvalue weighted by Crippen LogP contribution is -2.84. The molecule has 1 atom stereocenters.